The average Bonchev–Trinajstić information content (AvgIpc) is 3.24. The van der Waals surface area contributed by atoms with Crippen molar-refractivity contribution in [2.24, 2.45) is 0 Å². The van der Waals surface area contributed by atoms with Crippen molar-refractivity contribution in [3.63, 3.8) is 0 Å². The molecule has 0 saturated carbocycles. The molecule has 1 aliphatic heterocycles. The minimum Gasteiger partial charge on any atom is -0.465 e. The van der Waals surface area contributed by atoms with E-state index in [2.05, 4.69) is 34.6 Å². The third-order valence-electron chi connectivity index (χ3n) is 4.56. The summed E-state index contributed by atoms with van der Waals surface area (Å²) in [7, 11) is 0. The van der Waals surface area contributed by atoms with Gasteiger partial charge < -0.3 is 9.15 Å². The van der Waals surface area contributed by atoms with Crippen LogP contribution in [0.5, 0.6) is 0 Å². The van der Waals surface area contributed by atoms with Gasteiger partial charge in [0.25, 0.3) is 0 Å². The van der Waals surface area contributed by atoms with Crippen molar-refractivity contribution >= 4 is 0 Å². The van der Waals surface area contributed by atoms with Crippen LogP contribution in [0.4, 0.5) is 0 Å². The summed E-state index contributed by atoms with van der Waals surface area (Å²) < 4.78 is 13.6. The predicted molar refractivity (Wildman–Crippen MR) is 89.2 cm³/mol. The van der Waals surface area contributed by atoms with Crippen molar-refractivity contribution in [1.29, 1.82) is 0 Å². The van der Waals surface area contributed by atoms with Crippen LogP contribution in [0.25, 0.3) is 0 Å². The van der Waals surface area contributed by atoms with E-state index in [0.29, 0.717) is 6.10 Å². The summed E-state index contributed by atoms with van der Waals surface area (Å²) in [4.78, 5) is 2.41. The quantitative estimate of drug-likeness (QED) is 0.786. The number of hydrogen-bond donors (Lipinski definition) is 0. The first-order valence-corrected chi connectivity index (χ1v) is 8.56. The summed E-state index contributed by atoms with van der Waals surface area (Å²) in [5, 5.41) is 4.47. The molecule has 0 aliphatic carbocycles. The lowest BCUT2D eigenvalue weighted by Gasteiger charge is -2.24. The van der Waals surface area contributed by atoms with E-state index in [9.17, 15) is 0 Å². The second-order valence-electron chi connectivity index (χ2n) is 6.39. The van der Waals surface area contributed by atoms with E-state index in [4.69, 9.17) is 9.15 Å². The Morgan fingerprint density at radius 2 is 2.17 bits per heavy atom. The van der Waals surface area contributed by atoms with Crippen molar-refractivity contribution in [3.05, 3.63) is 41.1 Å². The third-order valence-corrected chi connectivity index (χ3v) is 4.56. The topological polar surface area (TPSA) is 43.4 Å². The molecule has 5 heteroatoms. The number of ether oxygens (including phenoxy) is 1. The van der Waals surface area contributed by atoms with Crippen LogP contribution in [0.15, 0.2) is 22.7 Å². The molecule has 3 rings (SSSR count). The van der Waals surface area contributed by atoms with Crippen molar-refractivity contribution in [1.82, 2.24) is 14.7 Å². The Morgan fingerprint density at radius 3 is 2.78 bits per heavy atom. The van der Waals surface area contributed by atoms with Gasteiger partial charge >= 0.3 is 0 Å². The van der Waals surface area contributed by atoms with Crippen LogP contribution in [0.2, 0.25) is 0 Å². The largest absolute Gasteiger partial charge is 0.465 e. The summed E-state index contributed by atoms with van der Waals surface area (Å²) in [5.41, 5.74) is 2.54. The molecule has 2 aromatic rings. The molecule has 2 aromatic heterocycles. The van der Waals surface area contributed by atoms with Gasteiger partial charge in [-0.25, -0.2) is 0 Å². The van der Waals surface area contributed by atoms with Gasteiger partial charge in [-0.15, -0.1) is 0 Å². The summed E-state index contributed by atoms with van der Waals surface area (Å²) in [5.74, 6) is 1.98. The first-order valence-electron chi connectivity index (χ1n) is 8.56. The van der Waals surface area contributed by atoms with E-state index in [1.807, 2.05) is 19.2 Å². The molecule has 1 aliphatic rings. The molecule has 0 radical (unpaired) electrons. The molecule has 3 heterocycles. The van der Waals surface area contributed by atoms with Crippen molar-refractivity contribution in [3.8, 4) is 0 Å². The smallest absolute Gasteiger partial charge is 0.118 e. The highest BCUT2D eigenvalue weighted by molar-refractivity contribution is 5.16. The lowest BCUT2D eigenvalue weighted by molar-refractivity contribution is 0.0653. The summed E-state index contributed by atoms with van der Waals surface area (Å²) in [6, 6.07) is 4.10. The summed E-state index contributed by atoms with van der Waals surface area (Å²) in [6.07, 6.45) is 4.66. The number of rotatable bonds is 7. The number of aryl methyl sites for hydroxylation is 2. The zero-order valence-corrected chi connectivity index (χ0v) is 14.4. The van der Waals surface area contributed by atoms with E-state index in [1.54, 1.807) is 0 Å². The van der Waals surface area contributed by atoms with Gasteiger partial charge in [0.05, 0.1) is 18.8 Å². The SMILES string of the molecule is CCn1ncc(CN(Cc2ccc(C)o2)CC2CCCO2)c1C. The Labute approximate surface area is 138 Å². The van der Waals surface area contributed by atoms with E-state index < -0.39 is 0 Å². The standard InChI is InChI=1S/C18H27N3O2/c1-4-21-15(3)16(10-19-21)11-20(12-17-6-5-9-22-17)13-18-8-7-14(2)23-18/h7-8,10,17H,4-6,9,11-13H2,1-3H3. The van der Waals surface area contributed by atoms with Gasteiger partial charge in [0, 0.05) is 37.5 Å². The Kier molecular flexibility index (Phi) is 5.18. The molecule has 1 saturated heterocycles. The van der Waals surface area contributed by atoms with E-state index in [1.165, 1.54) is 17.7 Å². The van der Waals surface area contributed by atoms with E-state index in [-0.39, 0.29) is 0 Å². The molecule has 1 unspecified atom stereocenters. The van der Waals surface area contributed by atoms with Crippen LogP contribution in [0.1, 0.15) is 42.5 Å². The van der Waals surface area contributed by atoms with Gasteiger partial charge in [0.1, 0.15) is 11.5 Å². The van der Waals surface area contributed by atoms with Crippen LogP contribution >= 0.6 is 0 Å². The molecule has 23 heavy (non-hydrogen) atoms. The molecular formula is C18H27N3O2. The highest BCUT2D eigenvalue weighted by atomic mass is 16.5. The molecule has 0 N–H and O–H groups in total. The van der Waals surface area contributed by atoms with Gasteiger partial charge in [-0.05, 0) is 45.7 Å². The summed E-state index contributed by atoms with van der Waals surface area (Å²) in [6.45, 7) is 10.7. The van der Waals surface area contributed by atoms with E-state index >= 15 is 0 Å². The van der Waals surface area contributed by atoms with Crippen molar-refractivity contribution in [2.75, 3.05) is 13.2 Å². The molecule has 0 amide bonds. The van der Waals surface area contributed by atoms with Crippen LogP contribution in [-0.4, -0.2) is 33.9 Å². The van der Waals surface area contributed by atoms with Gasteiger partial charge in [-0.2, -0.15) is 5.10 Å². The van der Waals surface area contributed by atoms with Gasteiger partial charge in [0.2, 0.25) is 0 Å². The molecule has 1 fully saturated rings. The van der Waals surface area contributed by atoms with Crippen molar-refractivity contribution in [2.45, 2.75) is 59.4 Å². The number of aromatic nitrogens is 2. The lowest BCUT2D eigenvalue weighted by Crippen LogP contribution is -2.31. The molecule has 0 aromatic carbocycles. The van der Waals surface area contributed by atoms with Gasteiger partial charge in [-0.1, -0.05) is 0 Å². The maximum Gasteiger partial charge on any atom is 0.118 e. The first kappa shape index (κ1) is 16.3. The van der Waals surface area contributed by atoms with Crippen LogP contribution in [0.3, 0.4) is 0 Å². The average molecular weight is 317 g/mol. The van der Waals surface area contributed by atoms with Gasteiger partial charge in [0.15, 0.2) is 0 Å². The Balaban J connectivity index is 1.71. The minimum atomic E-state index is 0.340. The predicted octanol–water partition coefficient (Wildman–Crippen LogP) is 3.29. The molecule has 0 bridgehead atoms. The summed E-state index contributed by atoms with van der Waals surface area (Å²) >= 11 is 0. The number of furan rings is 1. The Bertz CT molecular complexity index is 626. The number of hydrogen-bond acceptors (Lipinski definition) is 4. The lowest BCUT2D eigenvalue weighted by atomic mass is 10.2. The minimum absolute atomic E-state index is 0.340. The Morgan fingerprint density at radius 1 is 1.30 bits per heavy atom. The van der Waals surface area contributed by atoms with Crippen LogP contribution in [-0.2, 0) is 24.4 Å². The Hall–Kier alpha value is -1.59. The molecule has 1 atom stereocenters. The normalized spacial score (nSPS) is 18.2. The fourth-order valence-electron chi connectivity index (χ4n) is 3.25. The van der Waals surface area contributed by atoms with E-state index in [0.717, 1.165) is 50.7 Å². The first-order chi connectivity index (χ1) is 11.2. The maximum absolute atomic E-state index is 5.83. The number of nitrogens with zero attached hydrogens (tertiary/aromatic N) is 3. The molecule has 5 nitrogen and oxygen atoms in total. The molecule has 0 spiro atoms. The fourth-order valence-corrected chi connectivity index (χ4v) is 3.25. The second kappa shape index (κ2) is 7.32. The monoisotopic (exact) mass is 317 g/mol. The second-order valence-corrected chi connectivity index (χ2v) is 6.39. The maximum atomic E-state index is 5.83. The molecule has 126 valence electrons. The van der Waals surface area contributed by atoms with Crippen LogP contribution in [0, 0.1) is 13.8 Å². The van der Waals surface area contributed by atoms with Crippen LogP contribution < -0.4 is 0 Å². The zero-order chi connectivity index (χ0) is 16.2. The highest BCUT2D eigenvalue weighted by Crippen LogP contribution is 2.19. The highest BCUT2D eigenvalue weighted by Gasteiger charge is 2.21. The van der Waals surface area contributed by atoms with Gasteiger partial charge in [-0.3, -0.25) is 9.58 Å². The van der Waals surface area contributed by atoms with Crippen molar-refractivity contribution < 1.29 is 9.15 Å². The molecular weight excluding hydrogens is 290 g/mol. The third kappa shape index (κ3) is 4.03. The fraction of sp³-hybridized carbons (Fsp3) is 0.611. The zero-order valence-electron chi connectivity index (χ0n) is 14.4.